The minimum absolute atomic E-state index is 0.703. The molecule has 19 heavy (non-hydrogen) atoms. The summed E-state index contributed by atoms with van der Waals surface area (Å²) in [6.45, 7) is 1.01. The lowest BCUT2D eigenvalue weighted by molar-refractivity contribution is 1.01. The van der Waals surface area contributed by atoms with Crippen LogP contribution in [0.1, 0.15) is 0 Å². The number of benzene rings is 1. The third-order valence-corrected chi connectivity index (χ3v) is 6.19. The zero-order valence-electron chi connectivity index (χ0n) is 10.4. The summed E-state index contributed by atoms with van der Waals surface area (Å²) in [5.41, 5.74) is 2.10. The molecule has 1 N–H and O–H groups in total. The molecule has 1 aromatic heterocycles. The van der Waals surface area contributed by atoms with Crippen molar-refractivity contribution in [3.05, 3.63) is 35.5 Å². The fourth-order valence-corrected chi connectivity index (χ4v) is 4.93. The van der Waals surface area contributed by atoms with Gasteiger partial charge < -0.3 is 5.32 Å². The summed E-state index contributed by atoms with van der Waals surface area (Å²) in [4.78, 5) is 4.36. The number of fused-ring (bicyclic) bond motifs is 1. The first-order chi connectivity index (χ1) is 9.33. The first-order valence-electron chi connectivity index (χ1n) is 6.30. The molecular formula is C14H15ClN2S2. The van der Waals surface area contributed by atoms with Crippen LogP contribution in [0.3, 0.4) is 0 Å². The Morgan fingerprint density at radius 2 is 2.26 bits per heavy atom. The van der Waals surface area contributed by atoms with Gasteiger partial charge in [-0.15, -0.1) is 0 Å². The molecule has 1 aliphatic heterocycles. The first-order valence-corrected chi connectivity index (χ1v) is 8.88. The van der Waals surface area contributed by atoms with Gasteiger partial charge in [0, 0.05) is 51.3 Å². The van der Waals surface area contributed by atoms with Crippen molar-refractivity contribution in [3.8, 4) is 0 Å². The van der Waals surface area contributed by atoms with Crippen LogP contribution in [-0.4, -0.2) is 34.0 Å². The van der Waals surface area contributed by atoms with Crippen LogP contribution in [0.5, 0.6) is 0 Å². The zero-order chi connectivity index (χ0) is 13.1. The Balaban J connectivity index is 1.76. The van der Waals surface area contributed by atoms with Gasteiger partial charge >= 0.3 is 0 Å². The number of halogens is 1. The highest BCUT2D eigenvalue weighted by atomic mass is 35.5. The number of rotatable bonds is 3. The molecule has 0 bridgehead atoms. The first kappa shape index (κ1) is 13.4. The van der Waals surface area contributed by atoms with Crippen molar-refractivity contribution in [2.24, 2.45) is 0 Å². The number of aromatic nitrogens is 1. The van der Waals surface area contributed by atoms with Crippen LogP contribution < -0.4 is 5.32 Å². The van der Waals surface area contributed by atoms with Crippen LogP contribution in [0, 0.1) is 0 Å². The van der Waals surface area contributed by atoms with E-state index in [-0.39, 0.29) is 0 Å². The van der Waals surface area contributed by atoms with Crippen LogP contribution in [-0.2, 0) is 0 Å². The predicted molar refractivity (Wildman–Crippen MR) is 88.8 cm³/mol. The van der Waals surface area contributed by atoms with Crippen LogP contribution in [0.2, 0.25) is 5.02 Å². The minimum Gasteiger partial charge on any atom is -0.383 e. The largest absolute Gasteiger partial charge is 0.383 e. The van der Waals surface area contributed by atoms with Gasteiger partial charge in [-0.2, -0.15) is 23.5 Å². The summed E-state index contributed by atoms with van der Waals surface area (Å²) in [6.07, 6.45) is 1.84. The number of thioether (sulfide) groups is 2. The summed E-state index contributed by atoms with van der Waals surface area (Å²) >= 11 is 10.1. The van der Waals surface area contributed by atoms with E-state index in [9.17, 15) is 0 Å². The molecule has 0 radical (unpaired) electrons. The molecular weight excluding hydrogens is 296 g/mol. The van der Waals surface area contributed by atoms with E-state index in [1.54, 1.807) is 0 Å². The lowest BCUT2D eigenvalue weighted by atomic mass is 10.2. The molecule has 2 aromatic rings. The molecule has 2 heterocycles. The van der Waals surface area contributed by atoms with Crippen LogP contribution in [0.25, 0.3) is 10.9 Å². The van der Waals surface area contributed by atoms with Crippen molar-refractivity contribution >= 4 is 51.7 Å². The maximum atomic E-state index is 6.00. The maximum Gasteiger partial charge on any atom is 0.0737 e. The molecule has 1 unspecified atom stereocenters. The van der Waals surface area contributed by atoms with E-state index in [1.807, 2.05) is 30.5 Å². The predicted octanol–water partition coefficient (Wildman–Crippen LogP) is 4.15. The normalized spacial score (nSPS) is 19.5. The van der Waals surface area contributed by atoms with Crippen LogP contribution in [0.4, 0.5) is 5.69 Å². The van der Waals surface area contributed by atoms with Gasteiger partial charge in [-0.3, -0.25) is 4.98 Å². The second-order valence-corrected chi connectivity index (χ2v) is 7.46. The standard InChI is InChI=1S/C14H15ClN2S2/c15-10-1-2-12-13(3-4-16-14(12)7-10)17-8-11-9-18-5-6-19-11/h1-4,7,11H,5-6,8-9H2,(H,16,17). The molecule has 1 aromatic carbocycles. The summed E-state index contributed by atoms with van der Waals surface area (Å²) in [5, 5.41) is 6.13. The second-order valence-electron chi connectivity index (χ2n) is 4.47. The number of anilines is 1. The molecule has 0 spiro atoms. The Hall–Kier alpha value is -0.580. The molecule has 0 amide bonds. The summed E-state index contributed by atoms with van der Waals surface area (Å²) in [7, 11) is 0. The maximum absolute atomic E-state index is 6.00. The average Bonchev–Trinajstić information content (AvgIpc) is 2.45. The number of pyridine rings is 1. The van der Waals surface area contributed by atoms with Crippen LogP contribution >= 0.6 is 35.1 Å². The van der Waals surface area contributed by atoms with E-state index < -0.39 is 0 Å². The van der Waals surface area contributed by atoms with E-state index in [4.69, 9.17) is 11.6 Å². The average molecular weight is 311 g/mol. The Bertz CT molecular complexity index is 570. The molecule has 1 aliphatic rings. The molecule has 100 valence electrons. The van der Waals surface area contributed by atoms with Crippen molar-refractivity contribution < 1.29 is 0 Å². The minimum atomic E-state index is 0.703. The molecule has 1 fully saturated rings. The number of nitrogens with zero attached hydrogens (tertiary/aromatic N) is 1. The fourth-order valence-electron chi connectivity index (χ4n) is 2.15. The molecule has 1 saturated heterocycles. The topological polar surface area (TPSA) is 24.9 Å². The third-order valence-electron chi connectivity index (χ3n) is 3.11. The van der Waals surface area contributed by atoms with Gasteiger partial charge in [-0.05, 0) is 24.3 Å². The fraction of sp³-hybridized carbons (Fsp3) is 0.357. The number of hydrogen-bond acceptors (Lipinski definition) is 4. The van der Waals surface area contributed by atoms with Gasteiger partial charge in [0.2, 0.25) is 0 Å². The van der Waals surface area contributed by atoms with E-state index in [0.717, 1.165) is 28.2 Å². The van der Waals surface area contributed by atoms with Crippen molar-refractivity contribution in [2.75, 3.05) is 29.1 Å². The van der Waals surface area contributed by atoms with Crippen molar-refractivity contribution in [2.45, 2.75) is 5.25 Å². The summed E-state index contributed by atoms with van der Waals surface area (Å²) < 4.78 is 0. The molecule has 0 saturated carbocycles. The highest BCUT2D eigenvalue weighted by Gasteiger charge is 2.14. The lowest BCUT2D eigenvalue weighted by Gasteiger charge is -2.22. The van der Waals surface area contributed by atoms with Gasteiger partial charge in [0.05, 0.1) is 5.52 Å². The molecule has 0 aliphatic carbocycles. The number of hydrogen-bond donors (Lipinski definition) is 1. The van der Waals surface area contributed by atoms with Gasteiger partial charge in [0.15, 0.2) is 0 Å². The summed E-state index contributed by atoms with van der Waals surface area (Å²) in [5.74, 6) is 3.80. The van der Waals surface area contributed by atoms with Crippen molar-refractivity contribution in [1.29, 1.82) is 0 Å². The van der Waals surface area contributed by atoms with Gasteiger partial charge in [-0.25, -0.2) is 0 Å². The van der Waals surface area contributed by atoms with Gasteiger partial charge in [0.25, 0.3) is 0 Å². The quantitative estimate of drug-likeness (QED) is 0.920. The van der Waals surface area contributed by atoms with E-state index in [1.165, 1.54) is 17.3 Å². The van der Waals surface area contributed by atoms with E-state index >= 15 is 0 Å². The molecule has 1 atom stereocenters. The molecule has 2 nitrogen and oxygen atoms in total. The summed E-state index contributed by atoms with van der Waals surface area (Å²) in [6, 6.07) is 7.90. The lowest BCUT2D eigenvalue weighted by Crippen LogP contribution is -2.23. The Morgan fingerprint density at radius 1 is 1.32 bits per heavy atom. The monoisotopic (exact) mass is 310 g/mol. The molecule has 3 rings (SSSR count). The highest BCUT2D eigenvalue weighted by molar-refractivity contribution is 8.06. The third kappa shape index (κ3) is 3.30. The molecule has 5 heteroatoms. The van der Waals surface area contributed by atoms with E-state index in [0.29, 0.717) is 5.25 Å². The van der Waals surface area contributed by atoms with Crippen molar-refractivity contribution in [1.82, 2.24) is 4.98 Å². The van der Waals surface area contributed by atoms with Gasteiger partial charge in [-0.1, -0.05) is 11.6 Å². The Kier molecular flexibility index (Phi) is 4.41. The van der Waals surface area contributed by atoms with Crippen LogP contribution in [0.15, 0.2) is 30.5 Å². The zero-order valence-corrected chi connectivity index (χ0v) is 12.8. The second kappa shape index (κ2) is 6.25. The SMILES string of the molecule is Clc1ccc2c(NCC3CSCCS3)ccnc2c1. The Morgan fingerprint density at radius 3 is 3.11 bits per heavy atom. The Labute approximate surface area is 126 Å². The van der Waals surface area contributed by atoms with Gasteiger partial charge in [0.1, 0.15) is 0 Å². The number of nitrogens with one attached hydrogen (secondary N) is 1. The smallest absolute Gasteiger partial charge is 0.0737 e. The van der Waals surface area contributed by atoms with E-state index in [2.05, 4.69) is 33.8 Å². The highest BCUT2D eigenvalue weighted by Crippen LogP contribution is 2.27. The van der Waals surface area contributed by atoms with Crippen molar-refractivity contribution in [3.63, 3.8) is 0 Å².